The Hall–Kier alpha value is -2.96. The van der Waals surface area contributed by atoms with Gasteiger partial charge in [0.2, 0.25) is 0 Å². The molecular formula is C13H11N3O4. The fraction of sp³-hybridized carbons (Fsp3) is 0.0769. The van der Waals surface area contributed by atoms with E-state index in [1.807, 2.05) is 0 Å². The van der Waals surface area contributed by atoms with Crippen LogP contribution in [0, 0.1) is 17.0 Å². The van der Waals surface area contributed by atoms with Crippen LogP contribution >= 0.6 is 0 Å². The number of carboxylic acids is 1. The van der Waals surface area contributed by atoms with Gasteiger partial charge in [0.1, 0.15) is 12.0 Å². The summed E-state index contributed by atoms with van der Waals surface area (Å²) >= 11 is 0. The number of hydrogen-bond acceptors (Lipinski definition) is 5. The minimum atomic E-state index is -0.992. The van der Waals surface area contributed by atoms with Crippen molar-refractivity contribution in [1.29, 1.82) is 0 Å². The van der Waals surface area contributed by atoms with Gasteiger partial charge in [0.15, 0.2) is 0 Å². The summed E-state index contributed by atoms with van der Waals surface area (Å²) in [6.45, 7) is 1.76. The zero-order valence-electron chi connectivity index (χ0n) is 10.5. The smallest absolute Gasteiger partial charge is 0.335 e. The maximum absolute atomic E-state index is 10.8. The Labute approximate surface area is 114 Å². The highest BCUT2D eigenvalue weighted by Crippen LogP contribution is 2.21. The number of pyridine rings is 1. The van der Waals surface area contributed by atoms with Crippen LogP contribution < -0.4 is 5.32 Å². The molecule has 0 radical (unpaired) electrons. The molecule has 0 aliphatic rings. The first-order valence-electron chi connectivity index (χ1n) is 5.69. The van der Waals surface area contributed by atoms with Gasteiger partial charge < -0.3 is 10.4 Å². The summed E-state index contributed by atoms with van der Waals surface area (Å²) in [5.41, 5.74) is 1.54. The number of aromatic carboxylic acids is 1. The highest BCUT2D eigenvalue weighted by atomic mass is 16.6. The van der Waals surface area contributed by atoms with E-state index in [1.54, 1.807) is 13.0 Å². The zero-order chi connectivity index (χ0) is 14.7. The van der Waals surface area contributed by atoms with Gasteiger partial charge in [0, 0.05) is 11.8 Å². The van der Waals surface area contributed by atoms with Crippen molar-refractivity contribution in [2.45, 2.75) is 6.92 Å². The number of hydrogen-bond donors (Lipinski definition) is 2. The van der Waals surface area contributed by atoms with E-state index in [0.29, 0.717) is 11.5 Å². The lowest BCUT2D eigenvalue weighted by Gasteiger charge is -2.09. The molecule has 0 amide bonds. The van der Waals surface area contributed by atoms with Gasteiger partial charge in [-0.25, -0.2) is 9.78 Å². The van der Waals surface area contributed by atoms with Crippen LogP contribution in [0.4, 0.5) is 17.2 Å². The molecule has 0 saturated heterocycles. The van der Waals surface area contributed by atoms with Gasteiger partial charge >= 0.3 is 5.97 Å². The molecular weight excluding hydrogens is 262 g/mol. The van der Waals surface area contributed by atoms with Crippen molar-refractivity contribution in [2.75, 3.05) is 5.32 Å². The summed E-state index contributed by atoms with van der Waals surface area (Å²) < 4.78 is 0. The molecule has 1 heterocycles. The first-order valence-corrected chi connectivity index (χ1v) is 5.69. The van der Waals surface area contributed by atoms with Gasteiger partial charge in [-0.1, -0.05) is 0 Å². The Kier molecular flexibility index (Phi) is 3.60. The molecule has 2 rings (SSSR count). The molecule has 0 aliphatic heterocycles. The number of nitrogens with zero attached hydrogens (tertiary/aromatic N) is 2. The zero-order valence-corrected chi connectivity index (χ0v) is 10.5. The van der Waals surface area contributed by atoms with Crippen LogP contribution in [-0.4, -0.2) is 21.0 Å². The maximum Gasteiger partial charge on any atom is 0.335 e. The molecule has 0 unspecified atom stereocenters. The minimum Gasteiger partial charge on any atom is -0.478 e. The van der Waals surface area contributed by atoms with E-state index in [4.69, 9.17) is 5.11 Å². The van der Waals surface area contributed by atoms with E-state index < -0.39 is 10.9 Å². The SMILES string of the molecule is Cc1cc(C(=O)O)ccc1Nc1ccc([N+](=O)[O-])cn1. The summed E-state index contributed by atoms with van der Waals surface area (Å²) in [6, 6.07) is 7.47. The summed E-state index contributed by atoms with van der Waals surface area (Å²) in [7, 11) is 0. The second-order valence-electron chi connectivity index (χ2n) is 4.12. The molecule has 2 aromatic rings. The van der Waals surface area contributed by atoms with Crippen LogP contribution in [0.2, 0.25) is 0 Å². The van der Waals surface area contributed by atoms with E-state index in [0.717, 1.165) is 11.8 Å². The quantitative estimate of drug-likeness (QED) is 0.655. The lowest BCUT2D eigenvalue weighted by molar-refractivity contribution is -0.385. The molecule has 0 saturated carbocycles. The molecule has 1 aromatic carbocycles. The van der Waals surface area contributed by atoms with E-state index >= 15 is 0 Å². The highest BCUT2D eigenvalue weighted by molar-refractivity contribution is 5.88. The fourth-order valence-corrected chi connectivity index (χ4v) is 1.64. The maximum atomic E-state index is 10.8. The van der Waals surface area contributed by atoms with Crippen LogP contribution in [0.15, 0.2) is 36.5 Å². The molecule has 0 atom stereocenters. The van der Waals surface area contributed by atoms with E-state index in [9.17, 15) is 14.9 Å². The Balaban J connectivity index is 2.21. The molecule has 0 spiro atoms. The number of aromatic nitrogens is 1. The van der Waals surface area contributed by atoms with Crippen molar-refractivity contribution in [1.82, 2.24) is 4.98 Å². The van der Waals surface area contributed by atoms with E-state index in [2.05, 4.69) is 10.3 Å². The third kappa shape index (κ3) is 2.89. The molecule has 7 heteroatoms. The first-order chi connectivity index (χ1) is 9.47. The van der Waals surface area contributed by atoms with Gasteiger partial charge in [-0.15, -0.1) is 0 Å². The Morgan fingerprint density at radius 3 is 2.60 bits per heavy atom. The van der Waals surface area contributed by atoms with Crippen molar-refractivity contribution >= 4 is 23.2 Å². The van der Waals surface area contributed by atoms with Gasteiger partial charge in [-0.05, 0) is 36.8 Å². The minimum absolute atomic E-state index is 0.0894. The number of nitro groups is 1. The van der Waals surface area contributed by atoms with Crippen molar-refractivity contribution in [3.8, 4) is 0 Å². The van der Waals surface area contributed by atoms with Crippen molar-refractivity contribution in [3.05, 3.63) is 57.8 Å². The van der Waals surface area contributed by atoms with Crippen LogP contribution in [0.25, 0.3) is 0 Å². The summed E-state index contributed by atoms with van der Waals surface area (Å²) in [6.07, 6.45) is 1.16. The lowest BCUT2D eigenvalue weighted by Crippen LogP contribution is -2.00. The normalized spacial score (nSPS) is 10.1. The number of benzene rings is 1. The van der Waals surface area contributed by atoms with Crippen LogP contribution in [0.3, 0.4) is 0 Å². The Bertz CT molecular complexity index is 668. The number of carboxylic acid groups (broad SMARTS) is 1. The van der Waals surface area contributed by atoms with Crippen molar-refractivity contribution in [2.24, 2.45) is 0 Å². The van der Waals surface area contributed by atoms with E-state index in [-0.39, 0.29) is 11.3 Å². The van der Waals surface area contributed by atoms with Gasteiger partial charge in [-0.2, -0.15) is 0 Å². The standard InChI is InChI=1S/C13H11N3O4/c1-8-6-9(13(17)18)2-4-11(8)15-12-5-3-10(7-14-12)16(19)20/h2-7H,1H3,(H,14,15)(H,17,18). The largest absolute Gasteiger partial charge is 0.478 e. The average Bonchev–Trinajstić information content (AvgIpc) is 2.41. The summed E-state index contributed by atoms with van der Waals surface area (Å²) in [4.78, 5) is 24.7. The monoisotopic (exact) mass is 273 g/mol. The lowest BCUT2D eigenvalue weighted by atomic mass is 10.1. The van der Waals surface area contributed by atoms with Crippen LogP contribution in [0.5, 0.6) is 0 Å². The molecule has 2 N–H and O–H groups in total. The second kappa shape index (κ2) is 5.35. The predicted octanol–water partition coefficient (Wildman–Crippen LogP) is 2.74. The van der Waals surface area contributed by atoms with Gasteiger partial charge in [0.05, 0.1) is 10.5 Å². The number of carbonyl (C=O) groups is 1. The summed E-state index contributed by atoms with van der Waals surface area (Å²) in [5, 5.41) is 22.4. The third-order valence-corrected chi connectivity index (χ3v) is 2.69. The second-order valence-corrected chi connectivity index (χ2v) is 4.12. The summed E-state index contributed by atoms with van der Waals surface area (Å²) in [5.74, 6) is -0.546. The topological polar surface area (TPSA) is 105 Å². The number of anilines is 2. The molecule has 1 aromatic heterocycles. The molecule has 0 aliphatic carbocycles. The van der Waals surface area contributed by atoms with Crippen molar-refractivity contribution < 1.29 is 14.8 Å². The van der Waals surface area contributed by atoms with Crippen LogP contribution in [-0.2, 0) is 0 Å². The molecule has 7 nitrogen and oxygen atoms in total. The molecule has 20 heavy (non-hydrogen) atoms. The number of rotatable bonds is 4. The Morgan fingerprint density at radius 2 is 2.10 bits per heavy atom. The number of aryl methyl sites for hydroxylation is 1. The van der Waals surface area contributed by atoms with Gasteiger partial charge in [-0.3, -0.25) is 10.1 Å². The average molecular weight is 273 g/mol. The number of nitrogens with one attached hydrogen (secondary N) is 1. The fourth-order valence-electron chi connectivity index (χ4n) is 1.64. The molecule has 102 valence electrons. The molecule has 0 fully saturated rings. The first kappa shape index (κ1) is 13.5. The van der Waals surface area contributed by atoms with E-state index in [1.165, 1.54) is 24.3 Å². The van der Waals surface area contributed by atoms with Crippen molar-refractivity contribution in [3.63, 3.8) is 0 Å². The highest BCUT2D eigenvalue weighted by Gasteiger charge is 2.08. The Morgan fingerprint density at radius 1 is 1.35 bits per heavy atom. The van der Waals surface area contributed by atoms with Crippen LogP contribution in [0.1, 0.15) is 15.9 Å². The predicted molar refractivity (Wildman–Crippen MR) is 72.3 cm³/mol. The molecule has 0 bridgehead atoms. The third-order valence-electron chi connectivity index (χ3n) is 2.69. The van der Waals surface area contributed by atoms with Gasteiger partial charge in [0.25, 0.3) is 5.69 Å².